The van der Waals surface area contributed by atoms with Gasteiger partial charge >= 0.3 is 15.5 Å². The van der Waals surface area contributed by atoms with Crippen LogP contribution in [0.3, 0.4) is 0 Å². The van der Waals surface area contributed by atoms with Crippen LogP contribution in [0.5, 0.6) is 0 Å². The van der Waals surface area contributed by atoms with Crippen molar-refractivity contribution in [2.75, 3.05) is 19.6 Å². The third-order valence-corrected chi connectivity index (χ3v) is 4.35. The van der Waals surface area contributed by atoms with Crippen LogP contribution in [0.15, 0.2) is 0 Å². The zero-order chi connectivity index (χ0) is 12.4. The van der Waals surface area contributed by atoms with E-state index in [1.165, 1.54) is 6.92 Å². The number of piperidine rings is 1. The summed E-state index contributed by atoms with van der Waals surface area (Å²) in [6.45, 7) is 2.26. The third kappa shape index (κ3) is 2.67. The Morgan fingerprint density at radius 3 is 2.44 bits per heavy atom. The number of hydrogen-bond acceptors (Lipinski definition) is 3. The van der Waals surface area contributed by atoms with Crippen molar-refractivity contribution in [1.29, 1.82) is 0 Å². The Hall–Kier alpha value is -0.340. The first-order valence-corrected chi connectivity index (χ1v) is 6.53. The maximum atomic E-state index is 12.4. The van der Waals surface area contributed by atoms with Crippen LogP contribution in [0.4, 0.5) is 13.2 Å². The summed E-state index contributed by atoms with van der Waals surface area (Å²) in [5.74, 6) is 0. The molecule has 1 heterocycles. The van der Waals surface area contributed by atoms with Crippen molar-refractivity contribution in [3.05, 3.63) is 0 Å². The quantitative estimate of drug-likeness (QED) is 0.820. The fraction of sp³-hybridized carbons (Fsp3) is 1.00. The number of nitrogens with zero attached hydrogens (tertiary/aromatic N) is 1. The SMILES string of the molecule is CCN(C1CCCNC1)S(=O)(=O)C(F)(F)F. The van der Waals surface area contributed by atoms with Gasteiger partial charge in [0.15, 0.2) is 0 Å². The minimum absolute atomic E-state index is 0.159. The molecule has 0 aromatic heterocycles. The van der Waals surface area contributed by atoms with E-state index < -0.39 is 21.6 Å². The Morgan fingerprint density at radius 2 is 2.06 bits per heavy atom. The molecule has 1 rings (SSSR count). The van der Waals surface area contributed by atoms with E-state index in [0.717, 1.165) is 6.54 Å². The second-order valence-corrected chi connectivity index (χ2v) is 5.54. The van der Waals surface area contributed by atoms with Crippen LogP contribution < -0.4 is 5.32 Å². The van der Waals surface area contributed by atoms with E-state index in [4.69, 9.17) is 0 Å². The standard InChI is InChI=1S/C8H15F3N2O2S/c1-2-13(7-4-3-5-12-6-7)16(14,15)8(9,10)11/h7,12H,2-6H2,1H3. The molecule has 1 saturated heterocycles. The van der Waals surface area contributed by atoms with Crippen molar-refractivity contribution >= 4 is 10.0 Å². The van der Waals surface area contributed by atoms with Gasteiger partial charge in [-0.25, -0.2) is 8.42 Å². The molecular weight excluding hydrogens is 245 g/mol. The first-order valence-electron chi connectivity index (χ1n) is 5.09. The summed E-state index contributed by atoms with van der Waals surface area (Å²) in [6, 6.07) is -0.592. The maximum absolute atomic E-state index is 12.4. The molecule has 1 aliphatic rings. The Morgan fingerprint density at radius 1 is 1.44 bits per heavy atom. The highest BCUT2D eigenvalue weighted by Gasteiger charge is 2.51. The zero-order valence-electron chi connectivity index (χ0n) is 8.92. The van der Waals surface area contributed by atoms with Gasteiger partial charge in [0.2, 0.25) is 0 Å². The summed E-state index contributed by atoms with van der Waals surface area (Å²) in [5.41, 5.74) is -5.21. The third-order valence-electron chi connectivity index (χ3n) is 2.59. The average molecular weight is 260 g/mol. The molecule has 4 nitrogen and oxygen atoms in total. The highest BCUT2D eigenvalue weighted by molar-refractivity contribution is 7.90. The monoisotopic (exact) mass is 260 g/mol. The lowest BCUT2D eigenvalue weighted by atomic mass is 10.1. The van der Waals surface area contributed by atoms with Crippen LogP contribution in [0.2, 0.25) is 0 Å². The van der Waals surface area contributed by atoms with E-state index in [1.807, 2.05) is 0 Å². The van der Waals surface area contributed by atoms with Gasteiger partial charge < -0.3 is 5.32 Å². The van der Waals surface area contributed by atoms with Gasteiger partial charge in [-0.3, -0.25) is 0 Å². The molecule has 1 aliphatic heterocycles. The number of rotatable bonds is 3. The van der Waals surface area contributed by atoms with E-state index in [0.29, 0.717) is 17.1 Å². The average Bonchev–Trinajstić information content (AvgIpc) is 2.18. The van der Waals surface area contributed by atoms with Crippen molar-refractivity contribution in [3.8, 4) is 0 Å². The van der Waals surface area contributed by atoms with Crippen LogP contribution in [0.25, 0.3) is 0 Å². The lowest BCUT2D eigenvalue weighted by Crippen LogP contribution is -2.52. The van der Waals surface area contributed by atoms with Crippen LogP contribution in [0, 0.1) is 0 Å². The van der Waals surface area contributed by atoms with Crippen LogP contribution in [-0.2, 0) is 10.0 Å². The minimum Gasteiger partial charge on any atom is -0.315 e. The molecule has 0 aliphatic carbocycles. The lowest BCUT2D eigenvalue weighted by Gasteiger charge is -2.33. The molecule has 0 aromatic rings. The van der Waals surface area contributed by atoms with Crippen molar-refractivity contribution < 1.29 is 21.6 Å². The van der Waals surface area contributed by atoms with E-state index in [2.05, 4.69) is 5.32 Å². The predicted molar refractivity (Wildman–Crippen MR) is 53.2 cm³/mol. The first kappa shape index (κ1) is 13.7. The van der Waals surface area contributed by atoms with Crippen molar-refractivity contribution in [2.24, 2.45) is 0 Å². The predicted octanol–water partition coefficient (Wildman–Crippen LogP) is 0.910. The largest absolute Gasteiger partial charge is 0.511 e. The topological polar surface area (TPSA) is 49.4 Å². The van der Waals surface area contributed by atoms with E-state index >= 15 is 0 Å². The van der Waals surface area contributed by atoms with E-state index in [1.54, 1.807) is 0 Å². The molecule has 1 fully saturated rings. The highest BCUT2D eigenvalue weighted by Crippen LogP contribution is 2.29. The van der Waals surface area contributed by atoms with Gasteiger partial charge in [-0.1, -0.05) is 6.92 Å². The summed E-state index contributed by atoms with van der Waals surface area (Å²) in [7, 11) is -5.19. The van der Waals surface area contributed by atoms with Crippen molar-refractivity contribution in [1.82, 2.24) is 9.62 Å². The minimum atomic E-state index is -5.21. The van der Waals surface area contributed by atoms with E-state index in [-0.39, 0.29) is 13.1 Å². The molecule has 1 atom stereocenters. The van der Waals surface area contributed by atoms with Crippen molar-refractivity contribution in [2.45, 2.75) is 31.3 Å². The summed E-state index contributed by atoms with van der Waals surface area (Å²) in [5, 5.41) is 2.90. The Labute approximate surface area is 92.9 Å². The number of likely N-dealkylation sites (N-methyl/N-ethyl adjacent to an activating group) is 1. The molecule has 96 valence electrons. The fourth-order valence-corrected chi connectivity index (χ4v) is 3.01. The second-order valence-electron chi connectivity index (χ2n) is 3.65. The van der Waals surface area contributed by atoms with Gasteiger partial charge in [-0.2, -0.15) is 17.5 Å². The molecule has 0 amide bonds. The number of alkyl halides is 3. The maximum Gasteiger partial charge on any atom is 0.511 e. The second kappa shape index (κ2) is 4.89. The lowest BCUT2D eigenvalue weighted by molar-refractivity contribution is -0.0502. The fourth-order valence-electron chi connectivity index (χ4n) is 1.84. The number of halogens is 3. The summed E-state index contributed by atoms with van der Waals surface area (Å²) in [4.78, 5) is 0. The van der Waals surface area contributed by atoms with Gasteiger partial charge in [0.25, 0.3) is 0 Å². The molecule has 0 spiro atoms. The van der Waals surface area contributed by atoms with Gasteiger partial charge in [-0.05, 0) is 19.4 Å². The first-order chi connectivity index (χ1) is 7.30. The number of nitrogens with one attached hydrogen (secondary N) is 1. The van der Waals surface area contributed by atoms with Crippen LogP contribution in [0.1, 0.15) is 19.8 Å². The molecule has 0 saturated carbocycles. The zero-order valence-corrected chi connectivity index (χ0v) is 9.74. The molecule has 1 unspecified atom stereocenters. The summed E-state index contributed by atoms with van der Waals surface area (Å²) >= 11 is 0. The summed E-state index contributed by atoms with van der Waals surface area (Å²) < 4.78 is 60.2. The molecule has 8 heteroatoms. The molecule has 1 N–H and O–H groups in total. The molecule has 16 heavy (non-hydrogen) atoms. The number of sulfonamides is 1. The Kier molecular flexibility index (Phi) is 4.19. The molecular formula is C8H15F3N2O2S. The van der Waals surface area contributed by atoms with Gasteiger partial charge in [0, 0.05) is 19.1 Å². The van der Waals surface area contributed by atoms with Gasteiger partial charge in [-0.15, -0.1) is 0 Å². The summed E-state index contributed by atoms with van der Waals surface area (Å²) in [6.07, 6.45) is 1.16. The van der Waals surface area contributed by atoms with Crippen LogP contribution >= 0.6 is 0 Å². The van der Waals surface area contributed by atoms with Crippen molar-refractivity contribution in [3.63, 3.8) is 0 Å². The smallest absolute Gasteiger partial charge is 0.315 e. The highest BCUT2D eigenvalue weighted by atomic mass is 32.2. The Bertz CT molecular complexity index is 323. The van der Waals surface area contributed by atoms with Gasteiger partial charge in [0.1, 0.15) is 0 Å². The molecule has 0 radical (unpaired) electrons. The normalized spacial score (nSPS) is 23.7. The van der Waals surface area contributed by atoms with E-state index in [9.17, 15) is 21.6 Å². The number of hydrogen-bond donors (Lipinski definition) is 1. The molecule has 0 bridgehead atoms. The van der Waals surface area contributed by atoms with Gasteiger partial charge in [0.05, 0.1) is 0 Å². The van der Waals surface area contributed by atoms with Crippen LogP contribution in [-0.4, -0.2) is 43.9 Å². The molecule has 0 aromatic carbocycles. The Balaban J connectivity index is 2.89.